The van der Waals surface area contributed by atoms with Gasteiger partial charge in [0.05, 0.1) is 22.6 Å². The number of hydrogen-bond acceptors (Lipinski definition) is 4. The molecule has 0 radical (unpaired) electrons. The fourth-order valence-corrected chi connectivity index (χ4v) is 9.94. The first-order chi connectivity index (χ1) is 34.2. The number of furan rings is 1. The molecule has 0 atom stereocenters. The van der Waals surface area contributed by atoms with Gasteiger partial charge in [0.25, 0.3) is 0 Å². The van der Waals surface area contributed by atoms with E-state index in [0.29, 0.717) is 5.82 Å². The topological polar surface area (TPSA) is 51.8 Å². The number of rotatable bonds is 8. The molecule has 0 saturated carbocycles. The molecule has 3 aromatic heterocycles. The van der Waals surface area contributed by atoms with Crippen molar-refractivity contribution in [1.82, 2.24) is 15.0 Å². The number of para-hydroxylation sites is 2. The molecule has 0 fully saturated rings. The van der Waals surface area contributed by atoms with Crippen molar-refractivity contribution in [1.29, 1.82) is 0 Å². The van der Waals surface area contributed by atoms with Gasteiger partial charge in [-0.15, -0.1) is 0 Å². The van der Waals surface area contributed by atoms with Crippen LogP contribution in [0.5, 0.6) is 0 Å². The number of benzene rings is 10. The Morgan fingerprint density at radius 1 is 0.261 bits per heavy atom. The van der Waals surface area contributed by atoms with E-state index in [4.69, 9.17) is 19.4 Å². The van der Waals surface area contributed by atoms with E-state index in [1.54, 1.807) is 0 Å². The number of fused-ring (bicyclic) bond motifs is 6. The Morgan fingerprint density at radius 2 is 0.725 bits per heavy atom. The SMILES string of the molecule is c1ccc(-c2cccc(-c3cc(-c4cccc(-c5ccc(-c6nc7ccccc7c7c(-c8ccccc8)c8c(cc67)oc6ccccc68)cc5)c4)nc(-c4cccc(-c5ccccc5)c4)n3)c2)cc1. The third-order valence-electron chi connectivity index (χ3n) is 13.3. The lowest BCUT2D eigenvalue weighted by atomic mass is 9.89. The van der Waals surface area contributed by atoms with Gasteiger partial charge >= 0.3 is 0 Å². The van der Waals surface area contributed by atoms with E-state index >= 15 is 0 Å². The first-order valence-corrected chi connectivity index (χ1v) is 23.3. The van der Waals surface area contributed by atoms with Crippen molar-refractivity contribution in [3.63, 3.8) is 0 Å². The summed E-state index contributed by atoms with van der Waals surface area (Å²) >= 11 is 0. The monoisotopic (exact) mass is 879 g/mol. The Morgan fingerprint density at radius 3 is 1.35 bits per heavy atom. The number of aromatic nitrogens is 3. The zero-order valence-corrected chi connectivity index (χ0v) is 37.4. The smallest absolute Gasteiger partial charge is 0.160 e. The van der Waals surface area contributed by atoms with Crippen LogP contribution < -0.4 is 0 Å². The summed E-state index contributed by atoms with van der Waals surface area (Å²) in [4.78, 5) is 15.9. The second kappa shape index (κ2) is 16.9. The number of pyridine rings is 1. The maximum absolute atomic E-state index is 6.63. The molecule has 13 rings (SSSR count). The summed E-state index contributed by atoms with van der Waals surface area (Å²) in [5.74, 6) is 0.672. The average molecular weight is 880 g/mol. The van der Waals surface area contributed by atoms with Gasteiger partial charge in [0.1, 0.15) is 11.2 Å². The van der Waals surface area contributed by atoms with Gasteiger partial charge in [-0.05, 0) is 81.4 Å². The predicted molar refractivity (Wildman–Crippen MR) is 286 cm³/mol. The molecule has 322 valence electrons. The minimum Gasteiger partial charge on any atom is -0.456 e. The van der Waals surface area contributed by atoms with Crippen LogP contribution >= 0.6 is 0 Å². The Kier molecular flexibility index (Phi) is 9.80. The zero-order valence-electron chi connectivity index (χ0n) is 37.4. The fraction of sp³-hybridized carbons (Fsp3) is 0. The molecule has 10 aromatic carbocycles. The highest BCUT2D eigenvalue weighted by Crippen LogP contribution is 2.46. The Labute approximate surface area is 399 Å². The predicted octanol–water partition coefficient (Wildman–Crippen LogP) is 17.4. The fourth-order valence-electron chi connectivity index (χ4n) is 9.94. The summed E-state index contributed by atoms with van der Waals surface area (Å²) in [5, 5.41) is 5.55. The highest BCUT2D eigenvalue weighted by molar-refractivity contribution is 6.27. The van der Waals surface area contributed by atoms with E-state index in [-0.39, 0.29) is 0 Å². The molecule has 0 aliphatic rings. The molecule has 13 aromatic rings. The summed E-state index contributed by atoms with van der Waals surface area (Å²) in [5.41, 5.74) is 18.3. The molecule has 0 spiro atoms. The second-order valence-corrected chi connectivity index (χ2v) is 17.5. The minimum atomic E-state index is 0.672. The molecule has 69 heavy (non-hydrogen) atoms. The number of hydrogen-bond donors (Lipinski definition) is 0. The summed E-state index contributed by atoms with van der Waals surface area (Å²) in [6.45, 7) is 0. The lowest BCUT2D eigenvalue weighted by molar-refractivity contribution is 0.669. The molecular weight excluding hydrogens is 839 g/mol. The van der Waals surface area contributed by atoms with Gasteiger partial charge in [-0.1, -0.05) is 206 Å². The van der Waals surface area contributed by atoms with Crippen molar-refractivity contribution in [2.75, 3.05) is 0 Å². The first-order valence-electron chi connectivity index (χ1n) is 23.3. The summed E-state index contributed by atoms with van der Waals surface area (Å²) < 4.78 is 6.63. The first kappa shape index (κ1) is 40.1. The van der Waals surface area contributed by atoms with E-state index in [1.165, 1.54) is 5.39 Å². The molecule has 0 unspecified atom stereocenters. The Bertz CT molecular complexity index is 3950. The van der Waals surface area contributed by atoms with Gasteiger partial charge in [-0.25, -0.2) is 15.0 Å². The van der Waals surface area contributed by atoms with Gasteiger partial charge in [-0.3, -0.25) is 0 Å². The highest BCUT2D eigenvalue weighted by atomic mass is 16.3. The van der Waals surface area contributed by atoms with Gasteiger partial charge < -0.3 is 4.42 Å². The van der Waals surface area contributed by atoms with Crippen molar-refractivity contribution < 1.29 is 4.42 Å². The van der Waals surface area contributed by atoms with E-state index in [1.807, 2.05) is 18.2 Å². The molecule has 0 aliphatic carbocycles. The van der Waals surface area contributed by atoms with Gasteiger partial charge in [0.2, 0.25) is 0 Å². The standard InChI is InChI=1S/C65H41N3O/c1-4-17-42(18-5-1)47-23-14-26-50(37-47)57-41-58(68-65(67-57)52-28-16-25-49(39-52)43-19-6-2-7-20-43)51-27-15-24-48(38-51)44-33-35-46(36-34-44)64-55-40-60-63(54-30-11-13-32-59(54)69-60)61(45-21-8-3-9-22-45)62(55)53-29-10-12-31-56(53)66-64/h1-41H. The van der Waals surface area contributed by atoms with Crippen molar-refractivity contribution >= 4 is 43.6 Å². The van der Waals surface area contributed by atoms with Crippen LogP contribution in [0.3, 0.4) is 0 Å². The van der Waals surface area contributed by atoms with Crippen molar-refractivity contribution in [3.8, 4) is 89.7 Å². The van der Waals surface area contributed by atoms with Crippen molar-refractivity contribution in [2.45, 2.75) is 0 Å². The number of nitrogens with zero attached hydrogens (tertiary/aromatic N) is 3. The van der Waals surface area contributed by atoms with Crippen LogP contribution in [-0.2, 0) is 0 Å². The summed E-state index contributed by atoms with van der Waals surface area (Å²) in [7, 11) is 0. The quantitative estimate of drug-likeness (QED) is 0.143. The van der Waals surface area contributed by atoms with Crippen LogP contribution in [0, 0.1) is 0 Å². The van der Waals surface area contributed by atoms with Crippen LogP contribution in [-0.4, -0.2) is 15.0 Å². The molecule has 4 heteroatoms. The maximum Gasteiger partial charge on any atom is 0.160 e. The summed E-state index contributed by atoms with van der Waals surface area (Å²) in [6, 6.07) is 87.4. The van der Waals surface area contributed by atoms with E-state index in [9.17, 15) is 0 Å². The van der Waals surface area contributed by atoms with Crippen molar-refractivity contribution in [3.05, 3.63) is 249 Å². The highest BCUT2D eigenvalue weighted by Gasteiger charge is 2.22. The molecular formula is C65H41N3O. The minimum absolute atomic E-state index is 0.672. The van der Waals surface area contributed by atoms with Crippen LogP contribution in [0.25, 0.3) is 133 Å². The van der Waals surface area contributed by atoms with E-state index < -0.39 is 0 Å². The van der Waals surface area contributed by atoms with Gasteiger partial charge in [0, 0.05) is 54.7 Å². The van der Waals surface area contributed by atoms with Crippen LogP contribution in [0.2, 0.25) is 0 Å². The third-order valence-corrected chi connectivity index (χ3v) is 13.3. The second-order valence-electron chi connectivity index (χ2n) is 17.5. The molecule has 3 heterocycles. The molecule has 0 aliphatic heterocycles. The van der Waals surface area contributed by atoms with E-state index in [2.05, 4.69) is 231 Å². The normalized spacial score (nSPS) is 11.5. The summed E-state index contributed by atoms with van der Waals surface area (Å²) in [6.07, 6.45) is 0. The van der Waals surface area contributed by atoms with Gasteiger partial charge in [0.15, 0.2) is 5.82 Å². The lowest BCUT2D eigenvalue weighted by Gasteiger charge is -2.16. The Hall–Kier alpha value is -9.25. The third kappa shape index (κ3) is 7.32. The van der Waals surface area contributed by atoms with Crippen LogP contribution in [0.4, 0.5) is 0 Å². The average Bonchev–Trinajstić information content (AvgIpc) is 3.81. The van der Waals surface area contributed by atoms with Crippen LogP contribution in [0.1, 0.15) is 0 Å². The molecule has 0 bridgehead atoms. The molecule has 0 N–H and O–H groups in total. The molecule has 0 saturated heterocycles. The Balaban J connectivity index is 0.927. The van der Waals surface area contributed by atoms with Crippen LogP contribution in [0.15, 0.2) is 253 Å². The lowest BCUT2D eigenvalue weighted by Crippen LogP contribution is -1.96. The van der Waals surface area contributed by atoms with E-state index in [0.717, 1.165) is 122 Å². The van der Waals surface area contributed by atoms with Crippen molar-refractivity contribution in [2.24, 2.45) is 0 Å². The zero-order chi connectivity index (χ0) is 45.7. The largest absolute Gasteiger partial charge is 0.456 e. The molecule has 4 nitrogen and oxygen atoms in total. The maximum atomic E-state index is 6.63. The molecule has 0 amide bonds. The van der Waals surface area contributed by atoms with Gasteiger partial charge in [-0.2, -0.15) is 0 Å².